The van der Waals surface area contributed by atoms with Gasteiger partial charge in [-0.15, -0.1) is 0 Å². The van der Waals surface area contributed by atoms with Crippen LogP contribution in [0.1, 0.15) is 36.8 Å². The number of piperidine rings is 1. The molecular formula is C17H16N4O2. The lowest BCUT2D eigenvalue weighted by atomic mass is 9.71. The normalized spacial score (nSPS) is 28.5. The zero-order chi connectivity index (χ0) is 16.4. The van der Waals surface area contributed by atoms with Gasteiger partial charge in [0.2, 0.25) is 0 Å². The molecule has 2 aliphatic heterocycles. The number of pyridine rings is 1. The molecule has 2 unspecified atom stereocenters. The third-order valence-corrected chi connectivity index (χ3v) is 4.82. The number of ether oxygens (including phenoxy) is 1. The van der Waals surface area contributed by atoms with Crippen molar-refractivity contribution in [2.75, 3.05) is 0 Å². The van der Waals surface area contributed by atoms with Crippen LogP contribution in [0.15, 0.2) is 31.3 Å². The van der Waals surface area contributed by atoms with Gasteiger partial charge in [0.1, 0.15) is 6.07 Å². The molecule has 3 heterocycles. The molecule has 6 nitrogen and oxygen atoms in total. The Balaban J connectivity index is 1.93. The second kappa shape index (κ2) is 5.73. The molecule has 2 fully saturated rings. The Bertz CT molecular complexity index is 717. The van der Waals surface area contributed by atoms with Crippen LogP contribution in [0.2, 0.25) is 0 Å². The van der Waals surface area contributed by atoms with Crippen molar-refractivity contribution in [3.05, 3.63) is 42.4 Å². The summed E-state index contributed by atoms with van der Waals surface area (Å²) in [4.78, 5) is 17.9. The first-order chi connectivity index (χ1) is 11.1. The van der Waals surface area contributed by atoms with Gasteiger partial charge in [0.25, 0.3) is 0 Å². The Morgan fingerprint density at radius 1 is 1.39 bits per heavy atom. The van der Waals surface area contributed by atoms with E-state index in [0.717, 1.165) is 24.7 Å². The van der Waals surface area contributed by atoms with Crippen LogP contribution in [-0.2, 0) is 10.2 Å². The van der Waals surface area contributed by atoms with Crippen molar-refractivity contribution in [1.82, 2.24) is 9.88 Å². The van der Waals surface area contributed by atoms with E-state index in [4.69, 9.17) is 10.00 Å². The van der Waals surface area contributed by atoms with Gasteiger partial charge in [-0.25, -0.2) is 4.79 Å². The van der Waals surface area contributed by atoms with Crippen LogP contribution in [0, 0.1) is 22.7 Å². The van der Waals surface area contributed by atoms with Crippen LogP contribution in [0.3, 0.4) is 0 Å². The zero-order valence-corrected chi connectivity index (χ0v) is 12.6. The molecule has 2 saturated heterocycles. The number of amides is 1. The topological polar surface area (TPSA) is 90.0 Å². The number of aromatic nitrogens is 1. The molecule has 2 aliphatic rings. The van der Waals surface area contributed by atoms with Gasteiger partial charge >= 0.3 is 6.09 Å². The van der Waals surface area contributed by atoms with Crippen LogP contribution < -0.4 is 0 Å². The van der Waals surface area contributed by atoms with Crippen molar-refractivity contribution in [1.29, 1.82) is 10.5 Å². The number of nitriles is 2. The van der Waals surface area contributed by atoms with E-state index in [1.165, 1.54) is 6.20 Å². The SMILES string of the molecule is C=COC(=O)N1C2CCC1CC(C#N)(c1cncc(C#N)c1)C2. The van der Waals surface area contributed by atoms with E-state index < -0.39 is 11.5 Å². The molecule has 1 aromatic heterocycles. The number of rotatable bonds is 2. The minimum absolute atomic E-state index is 0.0356. The van der Waals surface area contributed by atoms with Crippen molar-refractivity contribution in [3.8, 4) is 12.1 Å². The second-order valence-electron chi connectivity index (χ2n) is 6.02. The molecule has 116 valence electrons. The summed E-state index contributed by atoms with van der Waals surface area (Å²) in [6.45, 7) is 3.42. The molecule has 0 saturated carbocycles. The van der Waals surface area contributed by atoms with Crippen molar-refractivity contribution in [2.45, 2.75) is 43.2 Å². The summed E-state index contributed by atoms with van der Waals surface area (Å²) in [6, 6.07) is 6.15. The highest BCUT2D eigenvalue weighted by atomic mass is 16.5. The number of carbonyl (C=O) groups is 1. The summed E-state index contributed by atoms with van der Waals surface area (Å²) >= 11 is 0. The lowest BCUT2D eigenvalue weighted by molar-refractivity contribution is 0.0808. The highest BCUT2D eigenvalue weighted by molar-refractivity contribution is 5.70. The average molecular weight is 308 g/mol. The zero-order valence-electron chi connectivity index (χ0n) is 12.6. The summed E-state index contributed by atoms with van der Waals surface area (Å²) in [7, 11) is 0. The smallest absolute Gasteiger partial charge is 0.415 e. The standard InChI is InChI=1S/C17H16N4O2/c1-2-23-16(22)21-14-3-4-15(21)7-17(6-14,11-19)13-5-12(8-18)9-20-10-13/h2,5,9-10,14-15H,1,3-4,6-7H2. The van der Waals surface area contributed by atoms with E-state index >= 15 is 0 Å². The molecule has 3 rings (SSSR count). The number of fused-ring (bicyclic) bond motifs is 2. The molecule has 2 bridgehead atoms. The maximum absolute atomic E-state index is 12.1. The number of nitrogens with zero attached hydrogens (tertiary/aromatic N) is 4. The largest absolute Gasteiger partial charge is 0.419 e. The Hall–Kier alpha value is -2.86. The molecule has 23 heavy (non-hydrogen) atoms. The van der Waals surface area contributed by atoms with E-state index in [1.807, 2.05) is 0 Å². The van der Waals surface area contributed by atoms with Crippen LogP contribution in [-0.4, -0.2) is 28.1 Å². The number of carbonyl (C=O) groups excluding carboxylic acids is 1. The van der Waals surface area contributed by atoms with E-state index in [-0.39, 0.29) is 12.1 Å². The molecule has 0 spiro atoms. The molecule has 0 aliphatic carbocycles. The van der Waals surface area contributed by atoms with Gasteiger partial charge in [-0.2, -0.15) is 10.5 Å². The Kier molecular flexibility index (Phi) is 3.75. The van der Waals surface area contributed by atoms with Gasteiger partial charge in [-0.05, 0) is 37.3 Å². The number of hydrogen-bond acceptors (Lipinski definition) is 5. The predicted octanol–water partition coefficient (Wildman–Crippen LogP) is 2.62. The van der Waals surface area contributed by atoms with Gasteiger partial charge in [0.15, 0.2) is 0 Å². The van der Waals surface area contributed by atoms with E-state index in [1.54, 1.807) is 17.2 Å². The first-order valence-electron chi connectivity index (χ1n) is 7.50. The van der Waals surface area contributed by atoms with Crippen molar-refractivity contribution < 1.29 is 9.53 Å². The molecule has 2 atom stereocenters. The number of hydrogen-bond donors (Lipinski definition) is 0. The van der Waals surface area contributed by atoms with E-state index in [2.05, 4.69) is 23.7 Å². The predicted molar refractivity (Wildman–Crippen MR) is 80.8 cm³/mol. The summed E-state index contributed by atoms with van der Waals surface area (Å²) < 4.78 is 4.92. The third kappa shape index (κ3) is 2.43. The molecule has 0 aromatic carbocycles. The Morgan fingerprint density at radius 2 is 2.09 bits per heavy atom. The Labute approximate surface area is 134 Å². The van der Waals surface area contributed by atoms with E-state index in [9.17, 15) is 10.1 Å². The summed E-state index contributed by atoms with van der Waals surface area (Å²) in [5.74, 6) is 0. The summed E-state index contributed by atoms with van der Waals surface area (Å²) in [5.41, 5.74) is 0.488. The molecule has 6 heteroatoms. The monoisotopic (exact) mass is 308 g/mol. The average Bonchev–Trinajstić information content (AvgIpc) is 2.86. The molecule has 0 N–H and O–H groups in total. The van der Waals surface area contributed by atoms with Crippen molar-refractivity contribution >= 4 is 6.09 Å². The lowest BCUT2D eigenvalue weighted by Crippen LogP contribution is -2.51. The molecule has 1 amide bonds. The van der Waals surface area contributed by atoms with Gasteiger partial charge in [-0.3, -0.25) is 4.98 Å². The minimum Gasteiger partial charge on any atom is -0.419 e. The van der Waals surface area contributed by atoms with Gasteiger partial charge < -0.3 is 9.64 Å². The Morgan fingerprint density at radius 3 is 2.65 bits per heavy atom. The summed E-state index contributed by atoms with van der Waals surface area (Å²) in [5, 5.41) is 18.9. The lowest BCUT2D eigenvalue weighted by Gasteiger charge is -2.42. The second-order valence-corrected chi connectivity index (χ2v) is 6.02. The molecule has 1 aromatic rings. The highest BCUT2D eigenvalue weighted by Gasteiger charge is 2.51. The fraction of sp³-hybridized carbons (Fsp3) is 0.412. The van der Waals surface area contributed by atoms with Gasteiger partial charge in [0, 0.05) is 24.5 Å². The first-order valence-corrected chi connectivity index (χ1v) is 7.50. The first kappa shape index (κ1) is 15.1. The van der Waals surface area contributed by atoms with Gasteiger partial charge in [0.05, 0.1) is 23.3 Å². The molecular weight excluding hydrogens is 292 g/mol. The minimum atomic E-state index is -0.712. The maximum Gasteiger partial charge on any atom is 0.415 e. The third-order valence-electron chi connectivity index (χ3n) is 4.82. The van der Waals surface area contributed by atoms with Crippen LogP contribution in [0.25, 0.3) is 0 Å². The quantitative estimate of drug-likeness (QED) is 0.783. The maximum atomic E-state index is 12.1. The fourth-order valence-electron chi connectivity index (χ4n) is 3.83. The fourth-order valence-corrected chi connectivity index (χ4v) is 3.83. The van der Waals surface area contributed by atoms with Crippen molar-refractivity contribution in [2.24, 2.45) is 0 Å². The van der Waals surface area contributed by atoms with Crippen LogP contribution in [0.4, 0.5) is 4.79 Å². The molecule has 0 radical (unpaired) electrons. The van der Waals surface area contributed by atoms with Crippen LogP contribution >= 0.6 is 0 Å². The highest BCUT2D eigenvalue weighted by Crippen LogP contribution is 2.47. The van der Waals surface area contributed by atoms with E-state index in [0.29, 0.717) is 18.4 Å². The van der Waals surface area contributed by atoms with Crippen molar-refractivity contribution in [3.63, 3.8) is 0 Å². The van der Waals surface area contributed by atoms with Crippen LogP contribution in [0.5, 0.6) is 0 Å². The van der Waals surface area contributed by atoms with Gasteiger partial charge in [-0.1, -0.05) is 6.58 Å². The summed E-state index contributed by atoms with van der Waals surface area (Å²) in [6.07, 6.45) is 6.64.